The number of aryl methyl sites for hydroxylation is 1. The van der Waals surface area contributed by atoms with Crippen molar-refractivity contribution >= 4 is 48.3 Å². The molecule has 20 heavy (non-hydrogen) atoms. The minimum atomic E-state index is -3.67. The van der Waals surface area contributed by atoms with Crippen LogP contribution in [-0.4, -0.2) is 25.9 Å². The molecule has 2 rings (SSSR count). The van der Waals surface area contributed by atoms with Crippen molar-refractivity contribution in [2.45, 2.75) is 17.6 Å². The third-order valence-corrected chi connectivity index (χ3v) is 6.40. The highest BCUT2D eigenvalue weighted by Gasteiger charge is 2.13. The van der Waals surface area contributed by atoms with Gasteiger partial charge >= 0.3 is 0 Å². The molecule has 9 heteroatoms. The van der Waals surface area contributed by atoms with Crippen molar-refractivity contribution in [3.63, 3.8) is 0 Å². The van der Waals surface area contributed by atoms with E-state index in [2.05, 4.69) is 10.3 Å². The van der Waals surface area contributed by atoms with Gasteiger partial charge in [0.1, 0.15) is 9.90 Å². The molecule has 0 aliphatic rings. The van der Waals surface area contributed by atoms with Crippen molar-refractivity contribution in [2.24, 2.45) is 0 Å². The summed E-state index contributed by atoms with van der Waals surface area (Å²) < 4.78 is 22.4. The molecule has 0 unspecified atom stereocenters. The van der Waals surface area contributed by atoms with Crippen LogP contribution in [0.3, 0.4) is 0 Å². The quantitative estimate of drug-likeness (QED) is 0.840. The zero-order chi connectivity index (χ0) is 14.8. The number of carbonyl (C=O) groups is 1. The molecule has 0 saturated carbocycles. The Labute approximate surface area is 129 Å². The van der Waals surface area contributed by atoms with Crippen molar-refractivity contribution in [3.8, 4) is 0 Å². The second-order valence-electron chi connectivity index (χ2n) is 3.92. The Hall–Kier alpha value is -0.960. The fourth-order valence-corrected chi connectivity index (χ4v) is 4.20. The van der Waals surface area contributed by atoms with E-state index in [0.29, 0.717) is 18.7 Å². The van der Waals surface area contributed by atoms with Crippen LogP contribution in [0.25, 0.3) is 0 Å². The second-order valence-corrected chi connectivity index (χ2v) is 8.94. The Morgan fingerprint density at radius 3 is 2.75 bits per heavy atom. The van der Waals surface area contributed by atoms with E-state index in [1.165, 1.54) is 17.4 Å². The number of hydrogen-bond donors (Lipinski definition) is 1. The van der Waals surface area contributed by atoms with E-state index >= 15 is 0 Å². The van der Waals surface area contributed by atoms with E-state index in [9.17, 15) is 13.2 Å². The molecule has 2 aromatic rings. The van der Waals surface area contributed by atoms with Crippen molar-refractivity contribution in [2.75, 3.05) is 6.54 Å². The number of amides is 1. The lowest BCUT2D eigenvalue weighted by molar-refractivity contribution is 0.0950. The van der Waals surface area contributed by atoms with Crippen LogP contribution in [0.15, 0.2) is 21.7 Å². The molecule has 0 atom stereocenters. The molecular formula is C11H11ClN2O3S3. The lowest BCUT2D eigenvalue weighted by Gasteiger charge is -2.01. The van der Waals surface area contributed by atoms with Crippen LogP contribution < -0.4 is 5.32 Å². The van der Waals surface area contributed by atoms with Gasteiger partial charge in [-0.05, 0) is 25.5 Å². The number of carbonyl (C=O) groups excluding carboxylic acids is 1. The lowest BCUT2D eigenvalue weighted by Crippen LogP contribution is -2.25. The lowest BCUT2D eigenvalue weighted by atomic mass is 10.3. The van der Waals surface area contributed by atoms with Gasteiger partial charge < -0.3 is 5.32 Å². The molecule has 2 aromatic heterocycles. The molecule has 0 fully saturated rings. The average Bonchev–Trinajstić information content (AvgIpc) is 2.97. The predicted molar refractivity (Wildman–Crippen MR) is 80.2 cm³/mol. The number of nitrogens with zero attached hydrogens (tertiary/aromatic N) is 1. The maximum absolute atomic E-state index is 11.7. The Morgan fingerprint density at radius 1 is 1.45 bits per heavy atom. The zero-order valence-corrected chi connectivity index (χ0v) is 13.6. The molecule has 0 spiro atoms. The van der Waals surface area contributed by atoms with E-state index in [-0.39, 0.29) is 10.1 Å². The average molecular weight is 351 g/mol. The first-order chi connectivity index (χ1) is 9.36. The maximum Gasteiger partial charge on any atom is 0.270 e. The Morgan fingerprint density at radius 2 is 2.20 bits per heavy atom. The van der Waals surface area contributed by atoms with Crippen LogP contribution >= 0.6 is 33.4 Å². The second kappa shape index (κ2) is 6.21. The molecule has 0 saturated heterocycles. The minimum absolute atomic E-state index is 0.121. The summed E-state index contributed by atoms with van der Waals surface area (Å²) in [7, 11) is 1.58. The number of halogens is 1. The first-order valence-electron chi connectivity index (χ1n) is 5.60. The SMILES string of the molecule is Cc1nc(C(=O)NCCc2ccc(S(=O)(=O)Cl)s2)cs1. The largest absolute Gasteiger partial charge is 0.350 e. The Kier molecular flexibility index (Phi) is 4.79. The number of thiazole rings is 1. The Balaban J connectivity index is 1.87. The normalized spacial score (nSPS) is 11.5. The molecule has 0 bridgehead atoms. The van der Waals surface area contributed by atoms with E-state index in [1.54, 1.807) is 11.4 Å². The highest BCUT2D eigenvalue weighted by Crippen LogP contribution is 2.24. The molecule has 108 valence electrons. The third-order valence-electron chi connectivity index (χ3n) is 2.39. The fourth-order valence-electron chi connectivity index (χ4n) is 1.48. The van der Waals surface area contributed by atoms with Gasteiger partial charge in [-0.2, -0.15) is 0 Å². The molecule has 0 aliphatic carbocycles. The molecule has 2 heterocycles. The monoisotopic (exact) mass is 350 g/mol. The molecule has 0 radical (unpaired) electrons. The summed E-state index contributed by atoms with van der Waals surface area (Å²) in [5, 5.41) is 5.28. The van der Waals surface area contributed by atoms with Gasteiger partial charge in [0.05, 0.1) is 5.01 Å². The summed E-state index contributed by atoms with van der Waals surface area (Å²) >= 11 is 2.52. The summed E-state index contributed by atoms with van der Waals surface area (Å²) in [6.07, 6.45) is 0.548. The fraction of sp³-hybridized carbons (Fsp3) is 0.273. The first kappa shape index (κ1) is 15.4. The standard InChI is InChI=1S/C11H11ClN2O3S3/c1-7-14-9(6-18-7)11(15)13-5-4-8-2-3-10(19-8)20(12,16)17/h2-3,6H,4-5H2,1H3,(H,13,15). The summed E-state index contributed by atoms with van der Waals surface area (Å²) in [4.78, 5) is 16.7. The van der Waals surface area contributed by atoms with E-state index in [4.69, 9.17) is 10.7 Å². The van der Waals surface area contributed by atoms with Crippen LogP contribution in [0.4, 0.5) is 0 Å². The van der Waals surface area contributed by atoms with E-state index in [0.717, 1.165) is 21.2 Å². The molecule has 1 N–H and O–H groups in total. The van der Waals surface area contributed by atoms with Crippen molar-refractivity contribution < 1.29 is 13.2 Å². The number of nitrogens with one attached hydrogen (secondary N) is 1. The molecular weight excluding hydrogens is 340 g/mol. The van der Waals surface area contributed by atoms with Gasteiger partial charge in [0.25, 0.3) is 15.0 Å². The van der Waals surface area contributed by atoms with Crippen LogP contribution in [-0.2, 0) is 15.5 Å². The van der Waals surface area contributed by atoms with Gasteiger partial charge in [0, 0.05) is 27.5 Å². The highest BCUT2D eigenvalue weighted by molar-refractivity contribution is 8.15. The smallest absolute Gasteiger partial charge is 0.270 e. The molecule has 0 aliphatic heterocycles. The summed E-state index contributed by atoms with van der Waals surface area (Å²) in [5.74, 6) is -0.226. The molecule has 0 aromatic carbocycles. The van der Waals surface area contributed by atoms with Gasteiger partial charge in [-0.1, -0.05) is 0 Å². The van der Waals surface area contributed by atoms with E-state index in [1.807, 2.05) is 6.92 Å². The highest BCUT2D eigenvalue weighted by atomic mass is 35.7. The molecule has 5 nitrogen and oxygen atoms in total. The van der Waals surface area contributed by atoms with Gasteiger partial charge in [0.15, 0.2) is 0 Å². The number of aromatic nitrogens is 1. The Bertz CT molecular complexity index is 721. The van der Waals surface area contributed by atoms with Gasteiger partial charge in [-0.15, -0.1) is 22.7 Å². The number of rotatable bonds is 5. The van der Waals surface area contributed by atoms with E-state index < -0.39 is 9.05 Å². The van der Waals surface area contributed by atoms with Gasteiger partial charge in [-0.3, -0.25) is 4.79 Å². The summed E-state index contributed by atoms with van der Waals surface area (Å²) in [6, 6.07) is 3.16. The molecule has 1 amide bonds. The predicted octanol–water partition coefficient (Wildman–Crippen LogP) is 2.41. The summed E-state index contributed by atoms with van der Waals surface area (Å²) in [6.45, 7) is 2.25. The third kappa shape index (κ3) is 4.02. The number of thiophene rings is 1. The zero-order valence-electron chi connectivity index (χ0n) is 10.4. The van der Waals surface area contributed by atoms with Crippen LogP contribution in [0.1, 0.15) is 20.4 Å². The van der Waals surface area contributed by atoms with Crippen LogP contribution in [0.2, 0.25) is 0 Å². The first-order valence-corrected chi connectivity index (χ1v) is 9.60. The van der Waals surface area contributed by atoms with Crippen molar-refractivity contribution in [3.05, 3.63) is 33.1 Å². The topological polar surface area (TPSA) is 76.1 Å². The summed E-state index contributed by atoms with van der Waals surface area (Å²) in [5.41, 5.74) is 0.405. The van der Waals surface area contributed by atoms with Gasteiger partial charge in [0.2, 0.25) is 0 Å². The van der Waals surface area contributed by atoms with Crippen molar-refractivity contribution in [1.29, 1.82) is 0 Å². The van der Waals surface area contributed by atoms with Crippen LogP contribution in [0.5, 0.6) is 0 Å². The number of hydrogen-bond acceptors (Lipinski definition) is 6. The van der Waals surface area contributed by atoms with Gasteiger partial charge in [-0.25, -0.2) is 13.4 Å². The van der Waals surface area contributed by atoms with Crippen molar-refractivity contribution in [1.82, 2.24) is 10.3 Å². The maximum atomic E-state index is 11.7. The minimum Gasteiger partial charge on any atom is -0.350 e. The van der Waals surface area contributed by atoms with Crippen LogP contribution in [0, 0.1) is 6.92 Å².